The van der Waals surface area contributed by atoms with Gasteiger partial charge in [0.25, 0.3) is 5.69 Å². The second-order valence-electron chi connectivity index (χ2n) is 4.34. The van der Waals surface area contributed by atoms with Crippen molar-refractivity contribution in [1.82, 2.24) is 4.98 Å². The summed E-state index contributed by atoms with van der Waals surface area (Å²) in [4.78, 5) is 27.5. The van der Waals surface area contributed by atoms with Gasteiger partial charge in [0.2, 0.25) is 0 Å². The maximum atomic E-state index is 11.3. The quantitative estimate of drug-likeness (QED) is 0.457. The first kappa shape index (κ1) is 14.9. The Morgan fingerprint density at radius 3 is 2.68 bits per heavy atom. The normalized spacial score (nSPS) is 11.8. The zero-order valence-electron chi connectivity index (χ0n) is 11.4. The Bertz CT molecular complexity index is 490. The van der Waals surface area contributed by atoms with Crippen molar-refractivity contribution in [2.24, 2.45) is 5.92 Å². The molecule has 0 aromatic carbocycles. The van der Waals surface area contributed by atoms with Crippen LogP contribution in [0.15, 0.2) is 12.1 Å². The fraction of sp³-hybridized carbons (Fsp3) is 0.500. The second-order valence-corrected chi connectivity index (χ2v) is 4.34. The molecule has 0 aliphatic rings. The first-order chi connectivity index (χ1) is 8.86. The molecule has 1 atom stereocenters. The van der Waals surface area contributed by atoms with Crippen LogP contribution in [0.3, 0.4) is 0 Å². The van der Waals surface area contributed by atoms with Crippen LogP contribution in [0.1, 0.15) is 12.6 Å². The van der Waals surface area contributed by atoms with Gasteiger partial charge in [0, 0.05) is 19.7 Å². The lowest BCUT2D eigenvalue weighted by Gasteiger charge is -2.21. The number of nitrogens with zero attached hydrogens (tertiary/aromatic N) is 3. The molecule has 1 unspecified atom stereocenters. The maximum Gasteiger partial charge on any atom is 0.310 e. The SMILES string of the molecule is COC(=O)C(C)CN(C)c1ccc([N+](=O)[O-])c(C)n1. The maximum absolute atomic E-state index is 11.3. The number of hydrogen-bond donors (Lipinski definition) is 0. The van der Waals surface area contributed by atoms with Crippen molar-refractivity contribution >= 4 is 17.5 Å². The number of esters is 1. The third-order valence-electron chi connectivity index (χ3n) is 2.78. The summed E-state index contributed by atoms with van der Waals surface area (Å²) in [6, 6.07) is 2.98. The highest BCUT2D eigenvalue weighted by Gasteiger charge is 2.18. The van der Waals surface area contributed by atoms with E-state index < -0.39 is 4.92 Å². The third kappa shape index (κ3) is 3.64. The first-order valence-electron chi connectivity index (χ1n) is 5.77. The molecule has 1 heterocycles. The average Bonchev–Trinajstić information content (AvgIpc) is 2.36. The van der Waals surface area contributed by atoms with Crippen LogP contribution in [-0.2, 0) is 9.53 Å². The molecule has 0 amide bonds. The fourth-order valence-electron chi connectivity index (χ4n) is 1.73. The highest BCUT2D eigenvalue weighted by Crippen LogP contribution is 2.20. The Morgan fingerprint density at radius 2 is 2.21 bits per heavy atom. The van der Waals surface area contributed by atoms with E-state index in [4.69, 9.17) is 0 Å². The van der Waals surface area contributed by atoms with Crippen molar-refractivity contribution in [3.63, 3.8) is 0 Å². The van der Waals surface area contributed by atoms with Gasteiger partial charge < -0.3 is 9.64 Å². The van der Waals surface area contributed by atoms with Crippen LogP contribution < -0.4 is 4.90 Å². The lowest BCUT2D eigenvalue weighted by molar-refractivity contribution is -0.385. The van der Waals surface area contributed by atoms with Gasteiger partial charge in [0.1, 0.15) is 11.5 Å². The van der Waals surface area contributed by atoms with Gasteiger partial charge in [-0.3, -0.25) is 14.9 Å². The van der Waals surface area contributed by atoms with Crippen molar-refractivity contribution < 1.29 is 14.5 Å². The van der Waals surface area contributed by atoms with E-state index in [9.17, 15) is 14.9 Å². The Morgan fingerprint density at radius 1 is 1.58 bits per heavy atom. The highest BCUT2D eigenvalue weighted by molar-refractivity contribution is 5.72. The van der Waals surface area contributed by atoms with Crippen LogP contribution in [0.2, 0.25) is 0 Å². The van der Waals surface area contributed by atoms with E-state index in [1.54, 1.807) is 31.9 Å². The van der Waals surface area contributed by atoms with Gasteiger partial charge in [-0.15, -0.1) is 0 Å². The Labute approximate surface area is 111 Å². The van der Waals surface area contributed by atoms with E-state index >= 15 is 0 Å². The molecule has 0 N–H and O–H groups in total. The van der Waals surface area contributed by atoms with Crippen LogP contribution in [0.4, 0.5) is 11.5 Å². The van der Waals surface area contributed by atoms with Gasteiger partial charge in [0.15, 0.2) is 0 Å². The molecular formula is C12H17N3O4. The van der Waals surface area contributed by atoms with E-state index in [1.165, 1.54) is 13.2 Å². The highest BCUT2D eigenvalue weighted by atomic mass is 16.6. The van der Waals surface area contributed by atoms with Crippen LogP contribution in [0.25, 0.3) is 0 Å². The summed E-state index contributed by atoms with van der Waals surface area (Å²) in [7, 11) is 3.11. The number of aromatic nitrogens is 1. The van der Waals surface area contributed by atoms with Crippen LogP contribution in [0, 0.1) is 23.0 Å². The van der Waals surface area contributed by atoms with E-state index in [1.807, 2.05) is 0 Å². The molecule has 104 valence electrons. The summed E-state index contributed by atoms with van der Waals surface area (Å²) in [5.41, 5.74) is 0.332. The molecule has 1 aromatic heterocycles. The summed E-state index contributed by atoms with van der Waals surface area (Å²) in [5.74, 6) is -0.0170. The molecule has 0 bridgehead atoms. The number of methoxy groups -OCH3 is 1. The van der Waals surface area contributed by atoms with E-state index in [0.717, 1.165) is 0 Å². The molecule has 0 fully saturated rings. The number of anilines is 1. The van der Waals surface area contributed by atoms with Gasteiger partial charge in [0.05, 0.1) is 18.0 Å². The molecule has 0 saturated heterocycles. The lowest BCUT2D eigenvalue weighted by Crippen LogP contribution is -2.29. The number of hydrogen-bond acceptors (Lipinski definition) is 6. The summed E-state index contributed by atoms with van der Waals surface area (Å²) < 4.78 is 4.65. The Kier molecular flexibility index (Phi) is 4.80. The molecule has 0 aliphatic carbocycles. The van der Waals surface area contributed by atoms with Gasteiger partial charge in [-0.05, 0) is 13.0 Å². The summed E-state index contributed by atoms with van der Waals surface area (Å²) in [5, 5.41) is 10.7. The summed E-state index contributed by atoms with van der Waals surface area (Å²) in [6.45, 7) is 3.76. The van der Waals surface area contributed by atoms with E-state index in [2.05, 4.69) is 9.72 Å². The number of carbonyl (C=O) groups excluding carboxylic acids is 1. The number of aryl methyl sites for hydroxylation is 1. The minimum absolute atomic E-state index is 0.0156. The molecule has 0 spiro atoms. The largest absolute Gasteiger partial charge is 0.469 e. The molecule has 1 aromatic rings. The Balaban J connectivity index is 2.83. The molecule has 0 saturated carbocycles. The molecule has 0 radical (unpaired) electrons. The molecular weight excluding hydrogens is 250 g/mol. The van der Waals surface area contributed by atoms with Crippen molar-refractivity contribution in [1.29, 1.82) is 0 Å². The first-order valence-corrected chi connectivity index (χ1v) is 5.77. The summed E-state index contributed by atoms with van der Waals surface area (Å²) in [6.07, 6.45) is 0. The average molecular weight is 267 g/mol. The Hall–Kier alpha value is -2.18. The molecule has 19 heavy (non-hydrogen) atoms. The van der Waals surface area contributed by atoms with Crippen LogP contribution in [0.5, 0.6) is 0 Å². The fourth-order valence-corrected chi connectivity index (χ4v) is 1.73. The van der Waals surface area contributed by atoms with Crippen molar-refractivity contribution in [2.75, 3.05) is 25.6 Å². The number of rotatable bonds is 5. The van der Waals surface area contributed by atoms with Crippen molar-refractivity contribution in [2.45, 2.75) is 13.8 Å². The van der Waals surface area contributed by atoms with Crippen molar-refractivity contribution in [3.05, 3.63) is 27.9 Å². The minimum atomic E-state index is -0.469. The molecule has 0 aliphatic heterocycles. The summed E-state index contributed by atoms with van der Waals surface area (Å²) >= 11 is 0. The molecule has 7 heteroatoms. The lowest BCUT2D eigenvalue weighted by atomic mass is 10.2. The molecule has 1 rings (SSSR count). The number of pyridine rings is 1. The topological polar surface area (TPSA) is 85.6 Å². The number of ether oxygens (including phenoxy) is 1. The number of nitro groups is 1. The van der Waals surface area contributed by atoms with Gasteiger partial charge in [-0.25, -0.2) is 4.98 Å². The van der Waals surface area contributed by atoms with E-state index in [-0.39, 0.29) is 17.6 Å². The van der Waals surface area contributed by atoms with Gasteiger partial charge in [-0.2, -0.15) is 0 Å². The van der Waals surface area contributed by atoms with Gasteiger partial charge in [-0.1, -0.05) is 6.92 Å². The third-order valence-corrected chi connectivity index (χ3v) is 2.78. The monoisotopic (exact) mass is 267 g/mol. The zero-order valence-corrected chi connectivity index (χ0v) is 11.4. The zero-order chi connectivity index (χ0) is 14.6. The standard InChI is InChI=1S/C12H17N3O4/c1-8(12(16)19-4)7-14(3)11-6-5-10(15(17)18)9(2)13-11/h5-6,8H,7H2,1-4H3. The second kappa shape index (κ2) is 6.12. The minimum Gasteiger partial charge on any atom is -0.469 e. The van der Waals surface area contributed by atoms with Crippen LogP contribution in [-0.4, -0.2) is 36.6 Å². The number of carbonyl (C=O) groups is 1. The molecule has 7 nitrogen and oxygen atoms in total. The van der Waals surface area contributed by atoms with Crippen molar-refractivity contribution in [3.8, 4) is 0 Å². The van der Waals surface area contributed by atoms with Gasteiger partial charge >= 0.3 is 5.97 Å². The predicted molar refractivity (Wildman–Crippen MR) is 70.1 cm³/mol. The smallest absolute Gasteiger partial charge is 0.310 e. The van der Waals surface area contributed by atoms with E-state index in [0.29, 0.717) is 18.1 Å². The predicted octanol–water partition coefficient (Wildman–Crippen LogP) is 1.54. The van der Waals surface area contributed by atoms with Crippen LogP contribution >= 0.6 is 0 Å².